The van der Waals surface area contributed by atoms with Gasteiger partial charge in [0.15, 0.2) is 0 Å². The summed E-state index contributed by atoms with van der Waals surface area (Å²) >= 11 is 6.13. The van der Waals surface area contributed by atoms with E-state index in [0.717, 1.165) is 6.54 Å². The van der Waals surface area contributed by atoms with Gasteiger partial charge < -0.3 is 10.0 Å². The smallest absolute Gasteiger partial charge is 0.337 e. The summed E-state index contributed by atoms with van der Waals surface area (Å²) in [5.41, 5.74) is 0.745. The second-order valence-corrected chi connectivity index (χ2v) is 4.88. The average Bonchev–Trinajstić information content (AvgIpc) is 3.12. The number of carboxylic acids is 1. The Labute approximate surface area is 111 Å². The van der Waals surface area contributed by atoms with Crippen molar-refractivity contribution < 1.29 is 9.90 Å². The van der Waals surface area contributed by atoms with Crippen molar-refractivity contribution in [3.05, 3.63) is 28.8 Å². The molecule has 1 aliphatic rings. The largest absolute Gasteiger partial charge is 0.478 e. The molecule has 0 radical (unpaired) electrons. The number of terminal acetylenes is 1. The molecule has 0 heterocycles. The number of rotatable bonds is 5. The van der Waals surface area contributed by atoms with Crippen molar-refractivity contribution in [2.75, 3.05) is 18.0 Å². The number of nitrogens with zero attached hydrogens (tertiary/aromatic N) is 1. The lowest BCUT2D eigenvalue weighted by Crippen LogP contribution is -2.28. The van der Waals surface area contributed by atoms with E-state index >= 15 is 0 Å². The number of carbonyl (C=O) groups is 1. The normalized spacial score (nSPS) is 14.0. The van der Waals surface area contributed by atoms with Gasteiger partial charge in [0.1, 0.15) is 0 Å². The molecule has 0 bridgehead atoms. The van der Waals surface area contributed by atoms with Gasteiger partial charge in [-0.3, -0.25) is 0 Å². The predicted molar refractivity (Wildman–Crippen MR) is 72.2 cm³/mol. The maximum atomic E-state index is 11.2. The molecule has 4 heteroatoms. The topological polar surface area (TPSA) is 40.5 Å². The molecular weight excluding hydrogens is 250 g/mol. The maximum Gasteiger partial charge on any atom is 0.337 e. The Morgan fingerprint density at radius 1 is 1.56 bits per heavy atom. The number of carboxylic acid groups (broad SMARTS) is 1. The SMILES string of the molecule is C#CCN(CC1CC1)c1c(Cl)cccc1C(=O)O. The summed E-state index contributed by atoms with van der Waals surface area (Å²) in [7, 11) is 0. The van der Waals surface area contributed by atoms with Gasteiger partial charge in [-0.1, -0.05) is 23.6 Å². The van der Waals surface area contributed by atoms with Gasteiger partial charge in [-0.2, -0.15) is 0 Å². The molecule has 1 saturated carbocycles. The summed E-state index contributed by atoms with van der Waals surface area (Å²) in [6.07, 6.45) is 7.71. The van der Waals surface area contributed by atoms with E-state index in [4.69, 9.17) is 18.0 Å². The van der Waals surface area contributed by atoms with Crippen LogP contribution in [0.15, 0.2) is 18.2 Å². The second-order valence-electron chi connectivity index (χ2n) is 4.47. The van der Waals surface area contributed by atoms with E-state index < -0.39 is 5.97 Å². The minimum absolute atomic E-state index is 0.207. The van der Waals surface area contributed by atoms with Gasteiger partial charge in [0.05, 0.1) is 22.8 Å². The van der Waals surface area contributed by atoms with Crippen LogP contribution in [0, 0.1) is 18.3 Å². The summed E-state index contributed by atoms with van der Waals surface area (Å²) in [5.74, 6) is 2.19. The molecule has 1 aromatic carbocycles. The van der Waals surface area contributed by atoms with Gasteiger partial charge in [-0.25, -0.2) is 4.79 Å². The first-order valence-corrected chi connectivity index (χ1v) is 6.21. The molecule has 0 unspecified atom stereocenters. The summed E-state index contributed by atoms with van der Waals surface area (Å²) in [6, 6.07) is 4.89. The third-order valence-corrected chi connectivity index (χ3v) is 3.30. The monoisotopic (exact) mass is 263 g/mol. The van der Waals surface area contributed by atoms with Crippen LogP contribution >= 0.6 is 11.6 Å². The molecule has 18 heavy (non-hydrogen) atoms. The molecule has 0 amide bonds. The lowest BCUT2D eigenvalue weighted by molar-refractivity contribution is 0.0697. The Morgan fingerprint density at radius 3 is 2.83 bits per heavy atom. The van der Waals surface area contributed by atoms with Crippen LogP contribution < -0.4 is 4.90 Å². The lowest BCUT2D eigenvalue weighted by atomic mass is 10.1. The van der Waals surface area contributed by atoms with Crippen molar-refractivity contribution in [3.8, 4) is 12.3 Å². The van der Waals surface area contributed by atoms with Crippen molar-refractivity contribution in [2.45, 2.75) is 12.8 Å². The van der Waals surface area contributed by atoms with E-state index in [0.29, 0.717) is 23.2 Å². The minimum Gasteiger partial charge on any atom is -0.478 e. The van der Waals surface area contributed by atoms with Crippen LogP contribution in [0.5, 0.6) is 0 Å². The van der Waals surface area contributed by atoms with Gasteiger partial charge in [-0.05, 0) is 30.9 Å². The summed E-state index contributed by atoms with van der Waals surface area (Å²) in [6.45, 7) is 1.15. The van der Waals surface area contributed by atoms with Crippen molar-refractivity contribution in [3.63, 3.8) is 0 Å². The Bertz CT molecular complexity index is 503. The summed E-state index contributed by atoms with van der Waals surface area (Å²) < 4.78 is 0. The number of hydrogen-bond acceptors (Lipinski definition) is 2. The highest BCUT2D eigenvalue weighted by Gasteiger charge is 2.27. The zero-order valence-electron chi connectivity index (χ0n) is 9.90. The standard InChI is InChI=1S/C14H14ClNO2/c1-2-8-16(9-10-6-7-10)13-11(14(17)18)4-3-5-12(13)15/h1,3-5,10H,6-9H2,(H,17,18). The highest BCUT2D eigenvalue weighted by atomic mass is 35.5. The van der Waals surface area contributed by atoms with Gasteiger partial charge in [0.2, 0.25) is 0 Å². The van der Waals surface area contributed by atoms with E-state index in [1.807, 2.05) is 4.90 Å². The van der Waals surface area contributed by atoms with Crippen LogP contribution in [-0.2, 0) is 0 Å². The zero-order valence-corrected chi connectivity index (χ0v) is 10.7. The van der Waals surface area contributed by atoms with E-state index in [1.54, 1.807) is 18.2 Å². The first kappa shape index (κ1) is 12.8. The highest BCUT2D eigenvalue weighted by Crippen LogP contribution is 2.35. The number of hydrogen-bond donors (Lipinski definition) is 1. The first-order chi connectivity index (χ1) is 8.63. The third kappa shape index (κ3) is 2.77. The van der Waals surface area contributed by atoms with Crippen LogP contribution in [0.2, 0.25) is 5.02 Å². The van der Waals surface area contributed by atoms with Crippen molar-refractivity contribution in [1.82, 2.24) is 0 Å². The molecule has 3 nitrogen and oxygen atoms in total. The molecule has 94 valence electrons. The van der Waals surface area contributed by atoms with Gasteiger partial charge in [0.25, 0.3) is 0 Å². The van der Waals surface area contributed by atoms with Gasteiger partial charge in [-0.15, -0.1) is 6.42 Å². The second kappa shape index (κ2) is 5.32. The molecule has 1 aromatic rings. The first-order valence-electron chi connectivity index (χ1n) is 5.83. The minimum atomic E-state index is -0.981. The molecule has 0 spiro atoms. The number of halogens is 1. The van der Waals surface area contributed by atoms with E-state index in [9.17, 15) is 9.90 Å². The van der Waals surface area contributed by atoms with Crippen LogP contribution in [-0.4, -0.2) is 24.2 Å². The van der Waals surface area contributed by atoms with Crippen molar-refractivity contribution in [2.24, 2.45) is 5.92 Å². The molecule has 0 saturated heterocycles. The van der Waals surface area contributed by atoms with Crippen LogP contribution in [0.3, 0.4) is 0 Å². The molecule has 1 aliphatic carbocycles. The van der Waals surface area contributed by atoms with Crippen LogP contribution in [0.25, 0.3) is 0 Å². The van der Waals surface area contributed by atoms with Crippen LogP contribution in [0.1, 0.15) is 23.2 Å². The fourth-order valence-electron chi connectivity index (χ4n) is 1.97. The Kier molecular flexibility index (Phi) is 3.78. The van der Waals surface area contributed by atoms with Gasteiger partial charge >= 0.3 is 5.97 Å². The summed E-state index contributed by atoms with van der Waals surface area (Å²) in [4.78, 5) is 13.1. The van der Waals surface area contributed by atoms with Crippen molar-refractivity contribution >= 4 is 23.3 Å². The third-order valence-electron chi connectivity index (χ3n) is 2.99. The molecule has 0 aromatic heterocycles. The Morgan fingerprint density at radius 2 is 2.28 bits per heavy atom. The van der Waals surface area contributed by atoms with E-state index in [1.165, 1.54) is 12.8 Å². The average molecular weight is 264 g/mol. The molecule has 0 aliphatic heterocycles. The number of aromatic carboxylic acids is 1. The molecule has 2 rings (SSSR count). The van der Waals surface area contributed by atoms with E-state index in [2.05, 4.69) is 5.92 Å². The van der Waals surface area contributed by atoms with E-state index in [-0.39, 0.29) is 5.56 Å². The molecule has 1 N–H and O–H groups in total. The zero-order chi connectivity index (χ0) is 13.1. The lowest BCUT2D eigenvalue weighted by Gasteiger charge is -2.25. The fourth-order valence-corrected chi connectivity index (χ4v) is 2.26. The van der Waals surface area contributed by atoms with Crippen LogP contribution in [0.4, 0.5) is 5.69 Å². The maximum absolute atomic E-state index is 11.2. The fraction of sp³-hybridized carbons (Fsp3) is 0.357. The highest BCUT2D eigenvalue weighted by molar-refractivity contribution is 6.34. The number of para-hydroxylation sites is 1. The molecule has 1 fully saturated rings. The molecule has 0 atom stereocenters. The van der Waals surface area contributed by atoms with Crippen molar-refractivity contribution in [1.29, 1.82) is 0 Å². The number of benzene rings is 1. The summed E-state index contributed by atoms with van der Waals surface area (Å²) in [5, 5.41) is 9.66. The van der Waals surface area contributed by atoms with Gasteiger partial charge in [0, 0.05) is 6.54 Å². The predicted octanol–water partition coefficient (Wildman–Crippen LogP) is 2.89. The quantitative estimate of drug-likeness (QED) is 0.831. The molecular formula is C14H14ClNO2. The Balaban J connectivity index is 2.38. The Hall–Kier alpha value is -1.66. The number of anilines is 1.